The molecule has 5 heteroatoms. The summed E-state index contributed by atoms with van der Waals surface area (Å²) in [4.78, 5) is 15.7. The molecule has 0 unspecified atom stereocenters. The Balaban J connectivity index is 1.93. The molecule has 19 heavy (non-hydrogen) atoms. The van der Waals surface area contributed by atoms with Crippen LogP contribution in [-0.4, -0.2) is 11.1 Å². The first kappa shape index (κ1) is 13.5. The summed E-state index contributed by atoms with van der Waals surface area (Å²) in [5.41, 5.74) is 1.93. The zero-order chi connectivity index (χ0) is 13.7. The van der Waals surface area contributed by atoms with Gasteiger partial charge in [0, 0.05) is 6.20 Å². The van der Waals surface area contributed by atoms with Crippen molar-refractivity contribution in [2.45, 2.75) is 13.5 Å². The normalized spacial score (nSPS) is 10.0. The smallest absolute Gasteiger partial charge is 0.413 e. The van der Waals surface area contributed by atoms with Crippen LogP contribution in [0.5, 0.6) is 0 Å². The predicted molar refractivity (Wildman–Crippen MR) is 76.9 cm³/mol. The zero-order valence-electron chi connectivity index (χ0n) is 10.4. The summed E-state index contributed by atoms with van der Waals surface area (Å²) in [6, 6.07) is 11.4. The number of nitrogens with zero attached hydrogens (tertiary/aromatic N) is 1. The van der Waals surface area contributed by atoms with Crippen LogP contribution in [0.1, 0.15) is 11.1 Å². The molecule has 0 atom stereocenters. The Kier molecular flexibility index (Phi) is 4.52. The van der Waals surface area contributed by atoms with Crippen molar-refractivity contribution in [1.82, 2.24) is 4.98 Å². The monoisotopic (exact) mass is 320 g/mol. The van der Waals surface area contributed by atoms with Crippen LogP contribution in [0.15, 0.2) is 47.1 Å². The van der Waals surface area contributed by atoms with Crippen LogP contribution in [0.3, 0.4) is 0 Å². The summed E-state index contributed by atoms with van der Waals surface area (Å²) in [5, 5.41) is 2.60. The fourth-order valence-corrected chi connectivity index (χ4v) is 1.82. The lowest BCUT2D eigenvalue weighted by Gasteiger charge is -2.08. The molecule has 0 saturated heterocycles. The molecule has 2 aromatic rings. The first-order valence-electron chi connectivity index (χ1n) is 5.75. The fourth-order valence-electron chi connectivity index (χ4n) is 1.48. The van der Waals surface area contributed by atoms with Gasteiger partial charge < -0.3 is 4.74 Å². The van der Waals surface area contributed by atoms with Gasteiger partial charge in [-0.3, -0.25) is 5.32 Å². The maximum atomic E-state index is 11.7. The van der Waals surface area contributed by atoms with Crippen molar-refractivity contribution in [1.29, 1.82) is 0 Å². The van der Waals surface area contributed by atoms with Gasteiger partial charge >= 0.3 is 6.09 Å². The van der Waals surface area contributed by atoms with E-state index in [9.17, 15) is 4.79 Å². The number of nitrogens with one attached hydrogen (secondary N) is 1. The van der Waals surface area contributed by atoms with Crippen molar-refractivity contribution in [2.24, 2.45) is 0 Å². The highest BCUT2D eigenvalue weighted by molar-refractivity contribution is 9.10. The van der Waals surface area contributed by atoms with E-state index < -0.39 is 6.09 Å². The molecular formula is C14H13BrN2O2. The first-order valence-corrected chi connectivity index (χ1v) is 6.55. The van der Waals surface area contributed by atoms with Crippen LogP contribution in [-0.2, 0) is 11.3 Å². The van der Waals surface area contributed by atoms with Crippen molar-refractivity contribution in [3.05, 3.63) is 58.2 Å². The van der Waals surface area contributed by atoms with Crippen LogP contribution in [0.2, 0.25) is 0 Å². The van der Waals surface area contributed by atoms with E-state index >= 15 is 0 Å². The minimum Gasteiger partial charge on any atom is -0.444 e. The fraction of sp³-hybridized carbons (Fsp3) is 0.143. The Labute approximate surface area is 119 Å². The number of aryl methyl sites for hydroxylation is 1. The summed E-state index contributed by atoms with van der Waals surface area (Å²) in [6.07, 6.45) is 1.11. The molecule has 98 valence electrons. The SMILES string of the molecule is Cc1ccnc(NC(=O)OCc2ccccc2)c1Br. The third kappa shape index (κ3) is 3.79. The van der Waals surface area contributed by atoms with E-state index in [-0.39, 0.29) is 6.61 Å². The molecule has 0 aliphatic rings. The topological polar surface area (TPSA) is 51.2 Å². The molecule has 1 aromatic carbocycles. The van der Waals surface area contributed by atoms with Crippen LogP contribution in [0.25, 0.3) is 0 Å². The molecule has 1 amide bonds. The van der Waals surface area contributed by atoms with Gasteiger partial charge in [-0.25, -0.2) is 9.78 Å². The molecule has 0 spiro atoms. The van der Waals surface area contributed by atoms with Crippen LogP contribution < -0.4 is 5.32 Å². The maximum absolute atomic E-state index is 11.7. The third-order valence-corrected chi connectivity index (χ3v) is 3.52. The van der Waals surface area contributed by atoms with E-state index in [1.165, 1.54) is 0 Å². The molecule has 4 nitrogen and oxygen atoms in total. The molecule has 0 radical (unpaired) electrons. The van der Waals surface area contributed by atoms with E-state index in [1.807, 2.05) is 43.3 Å². The quantitative estimate of drug-likeness (QED) is 0.933. The lowest BCUT2D eigenvalue weighted by Crippen LogP contribution is -2.15. The summed E-state index contributed by atoms with van der Waals surface area (Å²) < 4.78 is 5.87. The highest BCUT2D eigenvalue weighted by Crippen LogP contribution is 2.23. The van der Waals surface area contributed by atoms with Gasteiger partial charge in [-0.2, -0.15) is 0 Å². The number of ether oxygens (including phenoxy) is 1. The number of aromatic nitrogens is 1. The average Bonchev–Trinajstić information content (AvgIpc) is 2.43. The Morgan fingerprint density at radius 2 is 2.05 bits per heavy atom. The highest BCUT2D eigenvalue weighted by Gasteiger charge is 2.09. The third-order valence-electron chi connectivity index (χ3n) is 2.52. The number of pyridine rings is 1. The second kappa shape index (κ2) is 6.33. The van der Waals surface area contributed by atoms with E-state index in [1.54, 1.807) is 6.20 Å². The van der Waals surface area contributed by atoms with Crippen molar-refractivity contribution in [3.63, 3.8) is 0 Å². The van der Waals surface area contributed by atoms with Crippen molar-refractivity contribution in [2.75, 3.05) is 5.32 Å². The number of anilines is 1. The Morgan fingerprint density at radius 3 is 2.79 bits per heavy atom. The number of benzene rings is 1. The molecule has 0 bridgehead atoms. The second-order valence-corrected chi connectivity index (χ2v) is 4.77. The van der Waals surface area contributed by atoms with Gasteiger partial charge in [-0.1, -0.05) is 30.3 Å². The number of amides is 1. The number of carbonyl (C=O) groups is 1. The Morgan fingerprint density at radius 1 is 1.32 bits per heavy atom. The van der Waals surface area contributed by atoms with Crippen LogP contribution in [0, 0.1) is 6.92 Å². The molecule has 2 rings (SSSR count). The molecule has 1 aromatic heterocycles. The minimum absolute atomic E-state index is 0.232. The lowest BCUT2D eigenvalue weighted by atomic mass is 10.2. The first-order chi connectivity index (χ1) is 9.16. The predicted octanol–water partition coefficient (Wildman–Crippen LogP) is 3.90. The van der Waals surface area contributed by atoms with Gasteiger partial charge in [0.2, 0.25) is 0 Å². The van der Waals surface area contributed by atoms with Gasteiger partial charge in [0.1, 0.15) is 12.4 Å². The average molecular weight is 321 g/mol. The van der Waals surface area contributed by atoms with Gasteiger partial charge in [0.05, 0.1) is 4.47 Å². The van der Waals surface area contributed by atoms with E-state index in [0.717, 1.165) is 15.6 Å². The number of halogens is 1. The summed E-state index contributed by atoms with van der Waals surface area (Å²) in [6.45, 7) is 2.16. The summed E-state index contributed by atoms with van der Waals surface area (Å²) in [5.74, 6) is 0.457. The van der Waals surface area contributed by atoms with E-state index in [0.29, 0.717) is 5.82 Å². The minimum atomic E-state index is -0.525. The molecule has 0 saturated carbocycles. The van der Waals surface area contributed by atoms with Gasteiger partial charge in [-0.05, 0) is 40.0 Å². The Bertz CT molecular complexity index is 573. The number of hydrogen-bond donors (Lipinski definition) is 1. The summed E-state index contributed by atoms with van der Waals surface area (Å²) >= 11 is 3.37. The molecule has 0 fully saturated rings. The molecule has 1 heterocycles. The zero-order valence-corrected chi connectivity index (χ0v) is 12.0. The summed E-state index contributed by atoms with van der Waals surface area (Å²) in [7, 11) is 0. The van der Waals surface area contributed by atoms with Crippen molar-refractivity contribution in [3.8, 4) is 0 Å². The maximum Gasteiger partial charge on any atom is 0.413 e. The van der Waals surface area contributed by atoms with Crippen molar-refractivity contribution < 1.29 is 9.53 Å². The molecule has 0 aliphatic carbocycles. The molecule has 1 N–H and O–H groups in total. The molecule has 0 aliphatic heterocycles. The molecular weight excluding hydrogens is 308 g/mol. The number of hydrogen-bond acceptors (Lipinski definition) is 3. The second-order valence-electron chi connectivity index (χ2n) is 3.98. The van der Waals surface area contributed by atoms with Gasteiger partial charge in [-0.15, -0.1) is 0 Å². The van der Waals surface area contributed by atoms with Crippen LogP contribution in [0.4, 0.5) is 10.6 Å². The highest BCUT2D eigenvalue weighted by atomic mass is 79.9. The Hall–Kier alpha value is -1.88. The number of rotatable bonds is 3. The largest absolute Gasteiger partial charge is 0.444 e. The van der Waals surface area contributed by atoms with E-state index in [2.05, 4.69) is 26.2 Å². The van der Waals surface area contributed by atoms with Gasteiger partial charge in [0.15, 0.2) is 0 Å². The van der Waals surface area contributed by atoms with Crippen molar-refractivity contribution >= 4 is 27.8 Å². The lowest BCUT2D eigenvalue weighted by molar-refractivity contribution is 0.155. The van der Waals surface area contributed by atoms with Crippen LogP contribution >= 0.6 is 15.9 Å². The van der Waals surface area contributed by atoms with E-state index in [4.69, 9.17) is 4.74 Å². The standard InChI is InChI=1S/C14H13BrN2O2/c1-10-7-8-16-13(12(10)15)17-14(18)19-9-11-5-3-2-4-6-11/h2-8H,9H2,1H3,(H,16,17,18). The van der Waals surface area contributed by atoms with Gasteiger partial charge in [0.25, 0.3) is 0 Å². The number of carbonyl (C=O) groups excluding carboxylic acids is 1.